The molecule has 11 heavy (non-hydrogen) atoms. The summed E-state index contributed by atoms with van der Waals surface area (Å²) in [6, 6.07) is 5.78. The fraction of sp³-hybridized carbons (Fsp3) is 0.143. The molecule has 0 amide bonds. The summed E-state index contributed by atoms with van der Waals surface area (Å²) in [6.07, 6.45) is 0. The van der Waals surface area contributed by atoms with Crippen LogP contribution in [0.4, 0.5) is 8.78 Å². The normalized spacial score (nSPS) is 10.1. The number of halogens is 2. The summed E-state index contributed by atoms with van der Waals surface area (Å²) in [5.41, 5.74) is 0.520. The molecule has 0 N–H and O–H groups in total. The van der Waals surface area contributed by atoms with Crippen molar-refractivity contribution >= 4 is 13.3 Å². The number of hydrogen-bond donors (Lipinski definition) is 0. The highest BCUT2D eigenvalue weighted by Gasteiger charge is 2.01. The number of alkyl halides is 2. The Kier molecular flexibility index (Phi) is 2.46. The smallest absolute Gasteiger partial charge is 0.387 e. The summed E-state index contributed by atoms with van der Waals surface area (Å²) in [7, 11) is 5.31. The summed E-state index contributed by atoms with van der Waals surface area (Å²) in [6.45, 7) is -2.78. The Hall–Kier alpha value is -1.06. The lowest BCUT2D eigenvalue weighted by Crippen LogP contribution is -2.04. The molecule has 0 unspecified atom stereocenters. The zero-order chi connectivity index (χ0) is 8.27. The molecule has 1 aromatic carbocycles. The van der Waals surface area contributed by atoms with E-state index in [0.29, 0.717) is 5.46 Å². The fourth-order valence-electron chi connectivity index (χ4n) is 0.649. The molecule has 1 aromatic rings. The lowest BCUT2D eigenvalue weighted by molar-refractivity contribution is -0.0498. The van der Waals surface area contributed by atoms with Crippen molar-refractivity contribution in [3.05, 3.63) is 24.3 Å². The summed E-state index contributed by atoms with van der Waals surface area (Å²) < 4.78 is 27.2. The van der Waals surface area contributed by atoms with E-state index in [9.17, 15) is 8.78 Å². The van der Waals surface area contributed by atoms with Gasteiger partial charge in [0.2, 0.25) is 0 Å². The Labute approximate surface area is 64.4 Å². The van der Waals surface area contributed by atoms with Crippen molar-refractivity contribution in [2.45, 2.75) is 6.61 Å². The van der Waals surface area contributed by atoms with E-state index in [2.05, 4.69) is 4.74 Å². The quantitative estimate of drug-likeness (QED) is 0.579. The Morgan fingerprint density at radius 1 is 1.18 bits per heavy atom. The van der Waals surface area contributed by atoms with Crippen LogP contribution in [0.15, 0.2) is 24.3 Å². The van der Waals surface area contributed by atoms with Crippen molar-refractivity contribution in [3.8, 4) is 5.75 Å². The van der Waals surface area contributed by atoms with Gasteiger partial charge >= 0.3 is 6.61 Å². The standard InChI is InChI=1S/C7H5BF2O/c8-5-1-3-6(4-2-5)11-7(9)10/h1-4,7H. The monoisotopic (exact) mass is 154 g/mol. The van der Waals surface area contributed by atoms with Crippen molar-refractivity contribution < 1.29 is 13.5 Å². The van der Waals surface area contributed by atoms with Crippen LogP contribution in [0.25, 0.3) is 0 Å². The molecule has 1 nitrogen and oxygen atoms in total. The third kappa shape index (κ3) is 2.57. The minimum atomic E-state index is -2.78. The van der Waals surface area contributed by atoms with E-state index in [-0.39, 0.29) is 5.75 Å². The molecule has 0 atom stereocenters. The number of rotatable bonds is 2. The van der Waals surface area contributed by atoms with E-state index in [1.54, 1.807) is 0 Å². The summed E-state index contributed by atoms with van der Waals surface area (Å²) >= 11 is 0. The van der Waals surface area contributed by atoms with Crippen LogP contribution < -0.4 is 10.2 Å². The lowest BCUT2D eigenvalue weighted by atomic mass is 9.97. The van der Waals surface area contributed by atoms with E-state index in [1.807, 2.05) is 0 Å². The number of ether oxygens (including phenoxy) is 1. The molecule has 0 aliphatic carbocycles. The molecule has 0 fully saturated rings. The molecule has 0 aromatic heterocycles. The highest BCUT2D eigenvalue weighted by atomic mass is 19.3. The Morgan fingerprint density at radius 3 is 2.18 bits per heavy atom. The zero-order valence-electron chi connectivity index (χ0n) is 5.63. The van der Waals surface area contributed by atoms with Crippen LogP contribution >= 0.6 is 0 Å². The molecule has 0 heterocycles. The van der Waals surface area contributed by atoms with Gasteiger partial charge in [-0.05, 0) is 12.1 Å². The Balaban J connectivity index is 2.66. The molecule has 2 radical (unpaired) electrons. The first-order valence-corrected chi connectivity index (χ1v) is 2.99. The average molecular weight is 154 g/mol. The first kappa shape index (κ1) is 8.05. The molecular formula is C7H5BF2O. The van der Waals surface area contributed by atoms with Crippen molar-refractivity contribution in [1.29, 1.82) is 0 Å². The van der Waals surface area contributed by atoms with Gasteiger partial charge in [-0.1, -0.05) is 17.6 Å². The lowest BCUT2D eigenvalue weighted by Gasteiger charge is -2.03. The first-order chi connectivity index (χ1) is 5.18. The molecule has 0 aliphatic rings. The van der Waals surface area contributed by atoms with E-state index >= 15 is 0 Å². The van der Waals surface area contributed by atoms with Crippen molar-refractivity contribution in [1.82, 2.24) is 0 Å². The molecule has 1 rings (SSSR count). The first-order valence-electron chi connectivity index (χ1n) is 2.99. The molecule has 0 saturated carbocycles. The van der Waals surface area contributed by atoms with Gasteiger partial charge in [0.1, 0.15) is 13.6 Å². The van der Waals surface area contributed by atoms with Crippen LogP contribution in [0.3, 0.4) is 0 Å². The highest BCUT2D eigenvalue weighted by Crippen LogP contribution is 2.10. The van der Waals surface area contributed by atoms with Gasteiger partial charge in [0, 0.05) is 0 Å². The minimum absolute atomic E-state index is 0.120. The predicted molar refractivity (Wildman–Crippen MR) is 38.5 cm³/mol. The zero-order valence-corrected chi connectivity index (χ0v) is 5.63. The molecule has 0 saturated heterocycles. The Bertz CT molecular complexity index is 222. The topological polar surface area (TPSA) is 9.23 Å². The maximum absolute atomic E-state index is 11.6. The van der Waals surface area contributed by atoms with Gasteiger partial charge in [-0.15, -0.1) is 0 Å². The third-order valence-corrected chi connectivity index (χ3v) is 1.11. The summed E-state index contributed by atoms with van der Waals surface area (Å²) in [5, 5.41) is 0. The van der Waals surface area contributed by atoms with Crippen LogP contribution in [0.1, 0.15) is 0 Å². The van der Waals surface area contributed by atoms with Gasteiger partial charge in [-0.3, -0.25) is 0 Å². The maximum Gasteiger partial charge on any atom is 0.387 e. The van der Waals surface area contributed by atoms with Gasteiger partial charge in [-0.2, -0.15) is 8.78 Å². The molecule has 0 bridgehead atoms. The van der Waals surface area contributed by atoms with Gasteiger partial charge in [0.25, 0.3) is 0 Å². The number of benzene rings is 1. The SMILES string of the molecule is [B]c1ccc(OC(F)F)cc1. The van der Waals surface area contributed by atoms with E-state index in [4.69, 9.17) is 7.85 Å². The summed E-state index contributed by atoms with van der Waals surface area (Å²) in [5.74, 6) is 0.120. The Morgan fingerprint density at radius 2 is 1.73 bits per heavy atom. The van der Waals surface area contributed by atoms with Gasteiger partial charge in [0.15, 0.2) is 0 Å². The molecule has 0 spiro atoms. The summed E-state index contributed by atoms with van der Waals surface area (Å²) in [4.78, 5) is 0. The second-order valence-corrected chi connectivity index (χ2v) is 1.95. The van der Waals surface area contributed by atoms with Gasteiger partial charge in [0.05, 0.1) is 0 Å². The highest BCUT2D eigenvalue weighted by molar-refractivity contribution is 6.32. The molecule has 56 valence electrons. The van der Waals surface area contributed by atoms with Crippen LogP contribution in [-0.2, 0) is 0 Å². The average Bonchev–Trinajstić information content (AvgIpc) is 1.93. The largest absolute Gasteiger partial charge is 0.435 e. The molecular weight excluding hydrogens is 149 g/mol. The van der Waals surface area contributed by atoms with E-state index < -0.39 is 6.61 Å². The van der Waals surface area contributed by atoms with E-state index in [0.717, 1.165) is 0 Å². The van der Waals surface area contributed by atoms with Crippen LogP contribution in [0.5, 0.6) is 5.75 Å². The predicted octanol–water partition coefficient (Wildman–Crippen LogP) is 1.08. The second-order valence-electron chi connectivity index (χ2n) is 1.95. The van der Waals surface area contributed by atoms with Crippen LogP contribution in [0, 0.1) is 0 Å². The third-order valence-electron chi connectivity index (χ3n) is 1.11. The van der Waals surface area contributed by atoms with Crippen LogP contribution in [-0.4, -0.2) is 14.5 Å². The maximum atomic E-state index is 11.6. The minimum Gasteiger partial charge on any atom is -0.435 e. The molecule has 0 aliphatic heterocycles. The second kappa shape index (κ2) is 3.37. The van der Waals surface area contributed by atoms with Crippen molar-refractivity contribution in [2.24, 2.45) is 0 Å². The van der Waals surface area contributed by atoms with Crippen LogP contribution in [0.2, 0.25) is 0 Å². The fourth-order valence-corrected chi connectivity index (χ4v) is 0.649. The van der Waals surface area contributed by atoms with E-state index in [1.165, 1.54) is 24.3 Å². The van der Waals surface area contributed by atoms with Gasteiger partial charge in [-0.25, -0.2) is 0 Å². The van der Waals surface area contributed by atoms with Crippen molar-refractivity contribution in [3.63, 3.8) is 0 Å². The number of hydrogen-bond acceptors (Lipinski definition) is 1. The van der Waals surface area contributed by atoms with Gasteiger partial charge < -0.3 is 4.74 Å². The van der Waals surface area contributed by atoms with Crippen molar-refractivity contribution in [2.75, 3.05) is 0 Å². The molecule has 4 heteroatoms.